The number of halogens is 3. The van der Waals surface area contributed by atoms with Gasteiger partial charge in [0.25, 0.3) is 0 Å². The first-order chi connectivity index (χ1) is 7.35. The van der Waals surface area contributed by atoms with Crippen LogP contribution in [0.3, 0.4) is 0 Å². The second-order valence-electron chi connectivity index (χ2n) is 5.05. The van der Waals surface area contributed by atoms with Gasteiger partial charge in [-0.1, -0.05) is 6.42 Å². The van der Waals surface area contributed by atoms with Crippen LogP contribution in [0.4, 0.5) is 13.2 Å². The molecule has 2 aliphatic rings. The lowest BCUT2D eigenvalue weighted by Gasteiger charge is -2.60. The van der Waals surface area contributed by atoms with Crippen LogP contribution in [0, 0.1) is 22.2 Å². The molecule has 2 aliphatic carbocycles. The molecule has 1 spiro atoms. The van der Waals surface area contributed by atoms with E-state index in [-0.39, 0.29) is 18.3 Å². The van der Waals surface area contributed by atoms with Gasteiger partial charge in [0.1, 0.15) is 5.41 Å². The zero-order valence-corrected chi connectivity index (χ0v) is 8.73. The molecule has 0 aromatic heterocycles. The summed E-state index contributed by atoms with van der Waals surface area (Å²) in [5.41, 5.74) is -2.44. The summed E-state index contributed by atoms with van der Waals surface area (Å²) in [6.07, 6.45) is -2.76. The molecule has 0 atom stereocenters. The van der Waals surface area contributed by atoms with E-state index in [1.54, 1.807) is 0 Å². The summed E-state index contributed by atoms with van der Waals surface area (Å²) >= 11 is 0. The highest BCUT2D eigenvalue weighted by Crippen LogP contribution is 2.69. The van der Waals surface area contributed by atoms with Crippen molar-refractivity contribution < 1.29 is 18.0 Å². The van der Waals surface area contributed by atoms with Gasteiger partial charge >= 0.3 is 6.18 Å². The van der Waals surface area contributed by atoms with Crippen LogP contribution in [0.5, 0.6) is 0 Å². The van der Waals surface area contributed by atoms with Crippen molar-refractivity contribution in [2.45, 2.75) is 44.7 Å². The number of hydrogen-bond donors (Lipinski definition) is 0. The summed E-state index contributed by atoms with van der Waals surface area (Å²) < 4.78 is 38.7. The summed E-state index contributed by atoms with van der Waals surface area (Å²) in [7, 11) is 0. The normalized spacial score (nSPS) is 25.4. The summed E-state index contributed by atoms with van der Waals surface area (Å²) in [5.74, 6) is -0.944. The van der Waals surface area contributed by atoms with E-state index in [2.05, 4.69) is 0 Å². The maximum atomic E-state index is 12.9. The largest absolute Gasteiger partial charge is 0.401 e. The predicted molar refractivity (Wildman–Crippen MR) is 49.2 cm³/mol. The highest BCUT2D eigenvalue weighted by Gasteiger charge is 2.71. The van der Waals surface area contributed by atoms with E-state index in [0.717, 1.165) is 19.3 Å². The van der Waals surface area contributed by atoms with Gasteiger partial charge in [-0.25, -0.2) is 0 Å². The van der Waals surface area contributed by atoms with Gasteiger partial charge < -0.3 is 0 Å². The van der Waals surface area contributed by atoms with E-state index in [1.807, 2.05) is 0 Å². The molecule has 2 nitrogen and oxygen atoms in total. The smallest absolute Gasteiger partial charge is 0.298 e. The molecule has 0 radical (unpaired) electrons. The number of Topliss-reactive ketones (excluding diaryl/α,β-unsaturated/α-hetero) is 1. The minimum Gasteiger partial charge on any atom is -0.298 e. The Kier molecular flexibility index (Phi) is 2.30. The predicted octanol–water partition coefficient (Wildman–Crippen LogP) is 2.98. The SMILES string of the molecule is N#CCC(=O)C1(C(F)(F)F)CC2(CCC2)C1. The first-order valence-electron chi connectivity index (χ1n) is 5.32. The minimum absolute atomic E-state index is 0.0932. The minimum atomic E-state index is -4.50. The summed E-state index contributed by atoms with van der Waals surface area (Å²) in [4.78, 5) is 11.5. The first kappa shape index (κ1) is 11.4. The van der Waals surface area contributed by atoms with Crippen LogP contribution in [0.25, 0.3) is 0 Å². The van der Waals surface area contributed by atoms with E-state index in [0.29, 0.717) is 0 Å². The van der Waals surface area contributed by atoms with Gasteiger partial charge in [0.2, 0.25) is 0 Å². The Morgan fingerprint density at radius 2 is 1.88 bits per heavy atom. The molecule has 0 heterocycles. The van der Waals surface area contributed by atoms with Gasteiger partial charge in [-0.15, -0.1) is 0 Å². The quantitative estimate of drug-likeness (QED) is 0.733. The molecule has 0 saturated heterocycles. The number of alkyl halides is 3. The van der Waals surface area contributed by atoms with Gasteiger partial charge in [0, 0.05) is 0 Å². The molecule has 0 amide bonds. The third-order valence-electron chi connectivity index (χ3n) is 4.08. The van der Waals surface area contributed by atoms with Crippen molar-refractivity contribution in [3.8, 4) is 6.07 Å². The Morgan fingerprint density at radius 3 is 2.19 bits per heavy atom. The molecule has 5 heteroatoms. The second kappa shape index (κ2) is 3.22. The van der Waals surface area contributed by atoms with Crippen molar-refractivity contribution in [2.24, 2.45) is 10.8 Å². The molecule has 0 aromatic carbocycles. The van der Waals surface area contributed by atoms with Gasteiger partial charge in [0.05, 0.1) is 12.5 Å². The first-order valence-corrected chi connectivity index (χ1v) is 5.32. The van der Waals surface area contributed by atoms with Crippen LogP contribution in [-0.4, -0.2) is 12.0 Å². The van der Waals surface area contributed by atoms with Crippen molar-refractivity contribution in [1.29, 1.82) is 5.26 Å². The molecule has 16 heavy (non-hydrogen) atoms. The number of nitrogens with zero attached hydrogens (tertiary/aromatic N) is 1. The van der Waals surface area contributed by atoms with Crippen LogP contribution in [0.15, 0.2) is 0 Å². The lowest BCUT2D eigenvalue weighted by Crippen LogP contribution is -2.61. The summed E-state index contributed by atoms with van der Waals surface area (Å²) in [6.45, 7) is 0. The van der Waals surface area contributed by atoms with Crippen LogP contribution >= 0.6 is 0 Å². The summed E-state index contributed by atoms with van der Waals surface area (Å²) in [6, 6.07) is 1.53. The van der Waals surface area contributed by atoms with Crippen LogP contribution in [-0.2, 0) is 4.79 Å². The molecule has 0 unspecified atom stereocenters. The molecule has 0 aliphatic heterocycles. The van der Waals surface area contributed by atoms with Crippen molar-refractivity contribution >= 4 is 5.78 Å². The van der Waals surface area contributed by atoms with Crippen LogP contribution in [0.1, 0.15) is 38.5 Å². The Morgan fingerprint density at radius 1 is 1.31 bits per heavy atom. The Labute approximate surface area is 91.4 Å². The van der Waals surface area contributed by atoms with E-state index >= 15 is 0 Å². The van der Waals surface area contributed by atoms with Crippen molar-refractivity contribution in [2.75, 3.05) is 0 Å². The second-order valence-corrected chi connectivity index (χ2v) is 5.05. The molecule has 0 N–H and O–H groups in total. The third-order valence-corrected chi connectivity index (χ3v) is 4.08. The van der Waals surface area contributed by atoms with Crippen LogP contribution in [0.2, 0.25) is 0 Å². The third kappa shape index (κ3) is 1.35. The highest BCUT2D eigenvalue weighted by atomic mass is 19.4. The molecule has 2 fully saturated rings. The van der Waals surface area contributed by atoms with E-state index < -0.39 is 23.8 Å². The standard InChI is InChI=1S/C11H12F3NO/c12-11(13,14)10(8(16)2-5-15)6-9(7-10)3-1-4-9/h1-4,6-7H2. The Balaban J connectivity index is 2.18. The molecule has 0 aromatic rings. The molecule has 0 bridgehead atoms. The fraction of sp³-hybridized carbons (Fsp3) is 0.818. The van der Waals surface area contributed by atoms with E-state index in [1.165, 1.54) is 6.07 Å². The number of carbonyl (C=O) groups is 1. The zero-order valence-electron chi connectivity index (χ0n) is 8.73. The van der Waals surface area contributed by atoms with Gasteiger partial charge in [-0.3, -0.25) is 4.79 Å². The van der Waals surface area contributed by atoms with E-state index in [9.17, 15) is 18.0 Å². The Hall–Kier alpha value is -1.05. The average molecular weight is 231 g/mol. The van der Waals surface area contributed by atoms with Crippen LogP contribution < -0.4 is 0 Å². The molecular formula is C11H12F3NO. The zero-order chi connectivity index (χ0) is 12.0. The molecular weight excluding hydrogens is 219 g/mol. The summed E-state index contributed by atoms with van der Waals surface area (Å²) in [5, 5.41) is 8.35. The maximum Gasteiger partial charge on any atom is 0.401 e. The number of ketones is 1. The van der Waals surface area contributed by atoms with Gasteiger partial charge in [-0.05, 0) is 31.1 Å². The monoisotopic (exact) mass is 231 g/mol. The van der Waals surface area contributed by atoms with Crippen molar-refractivity contribution in [3.05, 3.63) is 0 Å². The highest BCUT2D eigenvalue weighted by molar-refractivity contribution is 5.88. The fourth-order valence-corrected chi connectivity index (χ4v) is 3.06. The molecule has 2 rings (SSSR count). The molecule has 88 valence electrons. The topological polar surface area (TPSA) is 40.9 Å². The number of rotatable bonds is 2. The van der Waals surface area contributed by atoms with E-state index in [4.69, 9.17) is 5.26 Å². The Bertz CT molecular complexity index is 354. The van der Waals surface area contributed by atoms with Gasteiger partial charge in [-0.2, -0.15) is 18.4 Å². The number of nitriles is 1. The van der Waals surface area contributed by atoms with Crippen molar-refractivity contribution in [3.63, 3.8) is 0 Å². The van der Waals surface area contributed by atoms with Crippen molar-refractivity contribution in [1.82, 2.24) is 0 Å². The fourth-order valence-electron chi connectivity index (χ4n) is 3.06. The average Bonchev–Trinajstić information content (AvgIpc) is 1.96. The lowest BCUT2D eigenvalue weighted by atomic mass is 9.44. The lowest BCUT2D eigenvalue weighted by molar-refractivity contribution is -0.279. The molecule has 2 saturated carbocycles. The van der Waals surface area contributed by atoms with Gasteiger partial charge in [0.15, 0.2) is 5.78 Å². The number of carbonyl (C=O) groups excluding carboxylic acids is 1. The maximum absolute atomic E-state index is 12.9. The number of hydrogen-bond acceptors (Lipinski definition) is 2.